The Labute approximate surface area is 153 Å². The molecule has 0 atom stereocenters. The summed E-state index contributed by atoms with van der Waals surface area (Å²) in [6, 6.07) is 17.4. The maximum absolute atomic E-state index is 10.9. The smallest absolute Gasteiger partial charge is 0.221 e. The Bertz CT molecular complexity index is 641. The quantitative estimate of drug-likeness (QED) is 0.392. The van der Waals surface area contributed by atoms with E-state index in [0.717, 1.165) is 23.4 Å². The lowest BCUT2D eigenvalue weighted by Gasteiger charge is -2.06. The maximum atomic E-state index is 10.9. The fraction of sp³-hybridized carbons (Fsp3) is 0.176. The molecule has 4 N–H and O–H groups in total. The van der Waals surface area contributed by atoms with Gasteiger partial charge in [-0.05, 0) is 36.2 Å². The molecule has 2 aromatic carbocycles. The van der Waals surface area contributed by atoms with E-state index in [9.17, 15) is 4.79 Å². The molecule has 0 spiro atoms. The summed E-state index contributed by atoms with van der Waals surface area (Å²) in [7, 11) is 0. The molecule has 0 unspecified atom stereocenters. The van der Waals surface area contributed by atoms with Crippen molar-refractivity contribution in [3.8, 4) is 0 Å². The molecular formula is C17H21IN4O. The van der Waals surface area contributed by atoms with Crippen molar-refractivity contribution >= 4 is 47.2 Å². The van der Waals surface area contributed by atoms with Crippen LogP contribution in [0.4, 0.5) is 11.4 Å². The van der Waals surface area contributed by atoms with Crippen LogP contribution in [0.25, 0.3) is 0 Å². The molecule has 0 saturated carbocycles. The predicted molar refractivity (Wildman–Crippen MR) is 106 cm³/mol. The molecule has 0 aliphatic rings. The standard InChI is InChI=1S/C17H20N4O.HI/c1-13(22)20-16-9-7-14(8-10-16)11-12-19-17(18)21-15-5-3-2-4-6-15;/h2-10H,11-12H2,1H3,(H,20,22)(H3,18,19,21);1H. The highest BCUT2D eigenvalue weighted by atomic mass is 127. The van der Waals surface area contributed by atoms with Crippen molar-refractivity contribution in [1.82, 2.24) is 0 Å². The van der Waals surface area contributed by atoms with Crippen LogP contribution in [-0.2, 0) is 11.2 Å². The second-order valence-corrected chi connectivity index (χ2v) is 4.89. The van der Waals surface area contributed by atoms with E-state index >= 15 is 0 Å². The van der Waals surface area contributed by atoms with E-state index in [1.54, 1.807) is 0 Å². The van der Waals surface area contributed by atoms with Gasteiger partial charge in [0.15, 0.2) is 5.96 Å². The van der Waals surface area contributed by atoms with Crippen LogP contribution in [0.15, 0.2) is 59.6 Å². The van der Waals surface area contributed by atoms with E-state index in [1.807, 2.05) is 54.6 Å². The lowest BCUT2D eigenvalue weighted by atomic mass is 10.1. The summed E-state index contributed by atoms with van der Waals surface area (Å²) in [6.45, 7) is 2.09. The summed E-state index contributed by atoms with van der Waals surface area (Å²) < 4.78 is 0. The molecule has 0 fully saturated rings. The average molecular weight is 424 g/mol. The molecule has 6 heteroatoms. The fourth-order valence-electron chi connectivity index (χ4n) is 1.97. The Morgan fingerprint density at radius 3 is 2.22 bits per heavy atom. The molecule has 0 aliphatic heterocycles. The Balaban J connectivity index is 0.00000264. The lowest BCUT2D eigenvalue weighted by molar-refractivity contribution is -0.114. The molecule has 23 heavy (non-hydrogen) atoms. The fourth-order valence-corrected chi connectivity index (χ4v) is 1.97. The number of amides is 1. The molecule has 0 bridgehead atoms. The third-order valence-electron chi connectivity index (χ3n) is 3.00. The molecule has 0 heterocycles. The van der Waals surface area contributed by atoms with Crippen molar-refractivity contribution in [3.05, 3.63) is 60.2 Å². The van der Waals surface area contributed by atoms with Gasteiger partial charge >= 0.3 is 0 Å². The number of guanidine groups is 1. The van der Waals surface area contributed by atoms with Crippen molar-refractivity contribution in [3.63, 3.8) is 0 Å². The van der Waals surface area contributed by atoms with Gasteiger partial charge in [0.25, 0.3) is 0 Å². The van der Waals surface area contributed by atoms with Gasteiger partial charge in [-0.15, -0.1) is 24.0 Å². The van der Waals surface area contributed by atoms with Gasteiger partial charge in [-0.25, -0.2) is 0 Å². The minimum absolute atomic E-state index is 0. The monoisotopic (exact) mass is 424 g/mol. The van der Waals surface area contributed by atoms with Crippen LogP contribution < -0.4 is 16.4 Å². The number of aliphatic imine (C=N–C) groups is 1. The topological polar surface area (TPSA) is 79.5 Å². The zero-order valence-electron chi connectivity index (χ0n) is 13.0. The highest BCUT2D eigenvalue weighted by molar-refractivity contribution is 14.0. The van der Waals surface area contributed by atoms with Crippen LogP contribution in [0, 0.1) is 0 Å². The Morgan fingerprint density at radius 1 is 1.00 bits per heavy atom. The van der Waals surface area contributed by atoms with Gasteiger partial charge in [-0.3, -0.25) is 9.79 Å². The number of nitrogens with one attached hydrogen (secondary N) is 2. The number of benzene rings is 2. The summed E-state index contributed by atoms with van der Waals surface area (Å²) >= 11 is 0. The van der Waals surface area contributed by atoms with Gasteiger partial charge in [0.1, 0.15) is 0 Å². The number of nitrogens with two attached hydrogens (primary N) is 1. The highest BCUT2D eigenvalue weighted by Crippen LogP contribution is 2.10. The van der Waals surface area contributed by atoms with Crippen LogP contribution in [0.2, 0.25) is 0 Å². The SMILES string of the molecule is CC(=O)Nc1ccc(CCN=C(N)Nc2ccccc2)cc1.I. The van der Waals surface area contributed by atoms with Gasteiger partial charge in [-0.1, -0.05) is 30.3 Å². The van der Waals surface area contributed by atoms with Crippen molar-refractivity contribution in [1.29, 1.82) is 0 Å². The molecule has 0 aromatic heterocycles. The first-order valence-electron chi connectivity index (χ1n) is 7.12. The largest absolute Gasteiger partial charge is 0.370 e. The lowest BCUT2D eigenvalue weighted by Crippen LogP contribution is -2.23. The molecule has 0 radical (unpaired) electrons. The van der Waals surface area contributed by atoms with E-state index in [4.69, 9.17) is 5.73 Å². The third-order valence-corrected chi connectivity index (χ3v) is 3.00. The maximum Gasteiger partial charge on any atom is 0.221 e. The number of hydrogen-bond acceptors (Lipinski definition) is 2. The van der Waals surface area contributed by atoms with Gasteiger partial charge in [0.2, 0.25) is 5.91 Å². The Kier molecular flexibility index (Phi) is 8.10. The number of halogens is 1. The van der Waals surface area contributed by atoms with Gasteiger partial charge in [0.05, 0.1) is 0 Å². The molecule has 2 aromatic rings. The van der Waals surface area contributed by atoms with Crippen LogP contribution in [0.3, 0.4) is 0 Å². The van der Waals surface area contributed by atoms with E-state index in [1.165, 1.54) is 6.92 Å². The first kappa shape index (κ1) is 19.0. The summed E-state index contributed by atoms with van der Waals surface area (Å²) in [5.41, 5.74) is 8.70. The number of nitrogens with zero attached hydrogens (tertiary/aromatic N) is 1. The Hall–Kier alpha value is -2.09. The van der Waals surface area contributed by atoms with Gasteiger partial charge in [0, 0.05) is 24.8 Å². The zero-order valence-corrected chi connectivity index (χ0v) is 15.3. The second-order valence-electron chi connectivity index (χ2n) is 4.89. The predicted octanol–water partition coefficient (Wildman–Crippen LogP) is 3.23. The van der Waals surface area contributed by atoms with Gasteiger partial charge < -0.3 is 16.4 Å². The molecule has 5 nitrogen and oxygen atoms in total. The summed E-state index contributed by atoms with van der Waals surface area (Å²) in [5, 5.41) is 5.78. The van der Waals surface area contributed by atoms with Crippen molar-refractivity contribution in [2.45, 2.75) is 13.3 Å². The van der Waals surface area contributed by atoms with Crippen molar-refractivity contribution in [2.24, 2.45) is 10.7 Å². The molecule has 122 valence electrons. The number of para-hydroxylation sites is 1. The zero-order chi connectivity index (χ0) is 15.8. The molecular weight excluding hydrogens is 403 g/mol. The highest BCUT2D eigenvalue weighted by Gasteiger charge is 1.97. The molecule has 2 rings (SSSR count). The van der Waals surface area contributed by atoms with Crippen LogP contribution in [0.5, 0.6) is 0 Å². The summed E-state index contributed by atoms with van der Waals surface area (Å²) in [6.07, 6.45) is 0.789. The molecule has 0 aliphatic carbocycles. The van der Waals surface area contributed by atoms with E-state index in [0.29, 0.717) is 12.5 Å². The van der Waals surface area contributed by atoms with Crippen LogP contribution >= 0.6 is 24.0 Å². The summed E-state index contributed by atoms with van der Waals surface area (Å²) in [4.78, 5) is 15.2. The number of hydrogen-bond donors (Lipinski definition) is 3. The van der Waals surface area contributed by atoms with Crippen molar-refractivity contribution in [2.75, 3.05) is 17.2 Å². The second kappa shape index (κ2) is 9.83. The van der Waals surface area contributed by atoms with E-state index in [-0.39, 0.29) is 29.9 Å². The Morgan fingerprint density at radius 2 is 1.61 bits per heavy atom. The van der Waals surface area contributed by atoms with Crippen LogP contribution in [-0.4, -0.2) is 18.4 Å². The molecule has 0 saturated heterocycles. The summed E-state index contributed by atoms with van der Waals surface area (Å²) in [5.74, 6) is 0.332. The van der Waals surface area contributed by atoms with E-state index in [2.05, 4.69) is 15.6 Å². The number of carbonyl (C=O) groups excluding carboxylic acids is 1. The first-order valence-corrected chi connectivity index (χ1v) is 7.12. The normalized spacial score (nSPS) is 10.6. The molecule has 1 amide bonds. The number of carbonyl (C=O) groups is 1. The third kappa shape index (κ3) is 7.14. The average Bonchev–Trinajstić information content (AvgIpc) is 2.49. The number of anilines is 2. The van der Waals surface area contributed by atoms with Gasteiger partial charge in [-0.2, -0.15) is 0 Å². The van der Waals surface area contributed by atoms with Crippen molar-refractivity contribution < 1.29 is 4.79 Å². The van der Waals surface area contributed by atoms with E-state index < -0.39 is 0 Å². The first-order chi connectivity index (χ1) is 10.6. The minimum Gasteiger partial charge on any atom is -0.370 e. The number of rotatable bonds is 5. The minimum atomic E-state index is -0.0721. The van der Waals surface area contributed by atoms with Crippen LogP contribution in [0.1, 0.15) is 12.5 Å².